The molecule has 1 aliphatic heterocycles. The molecule has 0 spiro atoms. The van der Waals surface area contributed by atoms with Gasteiger partial charge >= 0.3 is 0 Å². The Bertz CT molecular complexity index is 199. The molecule has 0 radical (unpaired) electrons. The largest absolute Gasteiger partial charge is 0.396 e. The van der Waals surface area contributed by atoms with Crippen LogP contribution in [0.4, 0.5) is 0 Å². The van der Waals surface area contributed by atoms with Crippen LogP contribution in [0.1, 0.15) is 26.7 Å². The number of hydrogen-bond acceptors (Lipinski definition) is 3. The normalized spacial score (nSPS) is 19.5. The lowest BCUT2D eigenvalue weighted by Crippen LogP contribution is -2.43. The summed E-state index contributed by atoms with van der Waals surface area (Å²) in [6.45, 7) is 6.57. The molecule has 4 nitrogen and oxygen atoms in total. The SMILES string of the molecule is CC(C)NC(=O)CN1CCC(CO)CC1. The van der Waals surface area contributed by atoms with E-state index in [0.29, 0.717) is 12.5 Å². The molecule has 0 aromatic heterocycles. The van der Waals surface area contributed by atoms with Gasteiger partial charge in [0.2, 0.25) is 5.91 Å². The predicted molar refractivity (Wildman–Crippen MR) is 59.5 cm³/mol. The van der Waals surface area contributed by atoms with Crippen LogP contribution in [-0.4, -0.2) is 48.2 Å². The molecule has 2 N–H and O–H groups in total. The molecule has 1 heterocycles. The summed E-state index contributed by atoms with van der Waals surface area (Å²) in [5.74, 6) is 0.543. The van der Waals surface area contributed by atoms with Gasteiger partial charge in [-0.05, 0) is 45.7 Å². The van der Waals surface area contributed by atoms with E-state index in [9.17, 15) is 4.79 Å². The van der Waals surface area contributed by atoms with E-state index in [0.717, 1.165) is 25.9 Å². The fourth-order valence-electron chi connectivity index (χ4n) is 1.90. The molecule has 1 aliphatic rings. The van der Waals surface area contributed by atoms with E-state index in [1.54, 1.807) is 0 Å². The quantitative estimate of drug-likeness (QED) is 0.703. The topological polar surface area (TPSA) is 52.6 Å². The molecule has 0 aromatic rings. The van der Waals surface area contributed by atoms with Crippen LogP contribution in [0.5, 0.6) is 0 Å². The lowest BCUT2D eigenvalue weighted by molar-refractivity contribution is -0.123. The molecule has 0 saturated carbocycles. The molecule has 0 unspecified atom stereocenters. The Hall–Kier alpha value is -0.610. The summed E-state index contributed by atoms with van der Waals surface area (Å²) in [5.41, 5.74) is 0. The van der Waals surface area contributed by atoms with Crippen LogP contribution in [0.25, 0.3) is 0 Å². The molecule has 0 aliphatic carbocycles. The van der Waals surface area contributed by atoms with Gasteiger partial charge in [-0.2, -0.15) is 0 Å². The highest BCUT2D eigenvalue weighted by atomic mass is 16.3. The van der Waals surface area contributed by atoms with Gasteiger partial charge in [0.25, 0.3) is 0 Å². The highest BCUT2D eigenvalue weighted by Crippen LogP contribution is 2.15. The average Bonchev–Trinajstić information content (AvgIpc) is 2.17. The number of amides is 1. The molecule has 0 aromatic carbocycles. The minimum atomic E-state index is 0.104. The second kappa shape index (κ2) is 6.08. The first kappa shape index (κ1) is 12.5. The van der Waals surface area contributed by atoms with Crippen molar-refractivity contribution < 1.29 is 9.90 Å². The molecular weight excluding hydrogens is 192 g/mol. The third-order valence-electron chi connectivity index (χ3n) is 2.78. The van der Waals surface area contributed by atoms with Crippen molar-refractivity contribution in [1.82, 2.24) is 10.2 Å². The van der Waals surface area contributed by atoms with Gasteiger partial charge in [-0.15, -0.1) is 0 Å². The maximum Gasteiger partial charge on any atom is 0.234 e. The predicted octanol–water partition coefficient (Wildman–Crippen LogP) is 0.215. The van der Waals surface area contributed by atoms with Crippen LogP contribution >= 0.6 is 0 Å². The van der Waals surface area contributed by atoms with Crippen LogP contribution in [0.15, 0.2) is 0 Å². The van der Waals surface area contributed by atoms with Gasteiger partial charge in [-0.3, -0.25) is 9.69 Å². The Balaban J connectivity index is 2.20. The highest BCUT2D eigenvalue weighted by Gasteiger charge is 2.20. The van der Waals surface area contributed by atoms with Gasteiger partial charge < -0.3 is 10.4 Å². The van der Waals surface area contributed by atoms with Gasteiger partial charge in [0.15, 0.2) is 0 Å². The number of likely N-dealkylation sites (tertiary alicyclic amines) is 1. The number of rotatable bonds is 4. The Morgan fingerprint density at radius 3 is 2.53 bits per heavy atom. The van der Waals surface area contributed by atoms with Crippen LogP contribution in [0.2, 0.25) is 0 Å². The molecule has 4 heteroatoms. The summed E-state index contributed by atoms with van der Waals surface area (Å²) < 4.78 is 0. The Kier molecular flexibility index (Phi) is 5.05. The van der Waals surface area contributed by atoms with E-state index >= 15 is 0 Å². The highest BCUT2D eigenvalue weighted by molar-refractivity contribution is 5.78. The van der Waals surface area contributed by atoms with Crippen LogP contribution in [0, 0.1) is 5.92 Å². The monoisotopic (exact) mass is 214 g/mol. The molecule has 1 saturated heterocycles. The number of piperidine rings is 1. The van der Waals surface area contributed by atoms with Crippen LogP contribution < -0.4 is 5.32 Å². The first-order valence-electron chi connectivity index (χ1n) is 5.74. The molecular formula is C11H22N2O2. The maximum absolute atomic E-state index is 11.5. The number of carbonyl (C=O) groups is 1. The van der Waals surface area contributed by atoms with Crippen molar-refractivity contribution in [2.75, 3.05) is 26.2 Å². The standard InChI is InChI=1S/C11H22N2O2/c1-9(2)12-11(15)7-13-5-3-10(8-14)4-6-13/h9-10,14H,3-8H2,1-2H3,(H,12,15). The van der Waals surface area contributed by atoms with E-state index in [1.807, 2.05) is 13.8 Å². The van der Waals surface area contributed by atoms with Crippen molar-refractivity contribution in [2.24, 2.45) is 5.92 Å². The summed E-state index contributed by atoms with van der Waals surface area (Å²) in [6, 6.07) is 0.215. The van der Waals surface area contributed by atoms with E-state index in [4.69, 9.17) is 5.11 Å². The van der Waals surface area contributed by atoms with Crippen molar-refractivity contribution in [2.45, 2.75) is 32.7 Å². The second-order valence-corrected chi connectivity index (χ2v) is 4.62. The molecule has 0 atom stereocenters. The zero-order chi connectivity index (χ0) is 11.3. The van der Waals surface area contributed by atoms with Crippen LogP contribution in [-0.2, 0) is 4.79 Å². The summed E-state index contributed by atoms with van der Waals surface area (Å²) in [4.78, 5) is 13.6. The summed E-state index contributed by atoms with van der Waals surface area (Å²) >= 11 is 0. The minimum absolute atomic E-state index is 0.104. The fourth-order valence-corrected chi connectivity index (χ4v) is 1.90. The van der Waals surface area contributed by atoms with E-state index in [1.165, 1.54) is 0 Å². The maximum atomic E-state index is 11.5. The van der Waals surface area contributed by atoms with Gasteiger partial charge in [-0.1, -0.05) is 0 Å². The Morgan fingerprint density at radius 2 is 2.07 bits per heavy atom. The van der Waals surface area contributed by atoms with Crippen molar-refractivity contribution in [3.63, 3.8) is 0 Å². The number of aliphatic hydroxyl groups is 1. The molecule has 1 fully saturated rings. The minimum Gasteiger partial charge on any atom is -0.396 e. The molecule has 1 amide bonds. The number of nitrogens with one attached hydrogen (secondary N) is 1. The number of aliphatic hydroxyl groups excluding tert-OH is 1. The van der Waals surface area contributed by atoms with E-state index in [2.05, 4.69) is 10.2 Å². The van der Waals surface area contributed by atoms with Crippen molar-refractivity contribution in [3.8, 4) is 0 Å². The summed E-state index contributed by atoms with van der Waals surface area (Å²) in [6.07, 6.45) is 2.01. The second-order valence-electron chi connectivity index (χ2n) is 4.62. The lowest BCUT2D eigenvalue weighted by Gasteiger charge is -2.30. The first-order chi connectivity index (χ1) is 7.11. The van der Waals surface area contributed by atoms with Crippen molar-refractivity contribution in [1.29, 1.82) is 0 Å². The van der Waals surface area contributed by atoms with Gasteiger partial charge in [0.05, 0.1) is 6.54 Å². The van der Waals surface area contributed by atoms with Crippen molar-refractivity contribution >= 4 is 5.91 Å². The number of carbonyl (C=O) groups excluding carboxylic acids is 1. The van der Waals surface area contributed by atoms with Crippen LogP contribution in [0.3, 0.4) is 0 Å². The molecule has 88 valence electrons. The Labute approximate surface area is 91.6 Å². The zero-order valence-corrected chi connectivity index (χ0v) is 9.70. The van der Waals surface area contributed by atoms with Crippen molar-refractivity contribution in [3.05, 3.63) is 0 Å². The fraction of sp³-hybridized carbons (Fsp3) is 0.909. The number of nitrogens with zero attached hydrogens (tertiary/aromatic N) is 1. The first-order valence-corrected chi connectivity index (χ1v) is 5.74. The summed E-state index contributed by atoms with van der Waals surface area (Å²) in [5, 5.41) is 11.9. The van der Waals surface area contributed by atoms with E-state index in [-0.39, 0.29) is 18.6 Å². The zero-order valence-electron chi connectivity index (χ0n) is 9.70. The molecule has 1 rings (SSSR count). The number of hydrogen-bond donors (Lipinski definition) is 2. The summed E-state index contributed by atoms with van der Waals surface area (Å²) in [7, 11) is 0. The Morgan fingerprint density at radius 1 is 1.47 bits per heavy atom. The average molecular weight is 214 g/mol. The lowest BCUT2D eigenvalue weighted by atomic mass is 9.98. The molecule has 0 bridgehead atoms. The third kappa shape index (κ3) is 4.62. The van der Waals surface area contributed by atoms with Gasteiger partial charge in [0, 0.05) is 12.6 Å². The third-order valence-corrected chi connectivity index (χ3v) is 2.78. The van der Waals surface area contributed by atoms with Gasteiger partial charge in [-0.25, -0.2) is 0 Å². The smallest absolute Gasteiger partial charge is 0.234 e. The molecule has 15 heavy (non-hydrogen) atoms. The van der Waals surface area contributed by atoms with E-state index < -0.39 is 0 Å². The van der Waals surface area contributed by atoms with Gasteiger partial charge in [0.1, 0.15) is 0 Å².